The normalized spacial score (nSPS) is 11.9. The lowest BCUT2D eigenvalue weighted by molar-refractivity contribution is -0.137. The molecule has 0 radical (unpaired) electrons. The second kappa shape index (κ2) is 9.14. The van der Waals surface area contributed by atoms with E-state index in [1.54, 1.807) is 11.3 Å². The predicted molar refractivity (Wildman–Crippen MR) is 118 cm³/mol. The zero-order valence-electron chi connectivity index (χ0n) is 17.2. The minimum absolute atomic E-state index is 0.0947. The van der Waals surface area contributed by atoms with Gasteiger partial charge in [0.15, 0.2) is 0 Å². The van der Waals surface area contributed by atoms with Gasteiger partial charge in [0.1, 0.15) is 23.6 Å². The summed E-state index contributed by atoms with van der Waals surface area (Å²) in [6.07, 6.45) is 2.87. The number of carbonyl (C=O) groups is 1. The SMILES string of the molecule is Cc1ccc(-c2nc(C)c(COc3ccc(C(CC(=O)O)c4ncco4)cc3)s2)cc1. The molecule has 6 nitrogen and oxygen atoms in total. The Labute approximate surface area is 184 Å². The number of thiazole rings is 1. The molecule has 1 atom stereocenters. The largest absolute Gasteiger partial charge is 0.488 e. The third-order valence-corrected chi connectivity index (χ3v) is 6.15. The minimum atomic E-state index is -0.909. The van der Waals surface area contributed by atoms with E-state index in [-0.39, 0.29) is 6.42 Å². The summed E-state index contributed by atoms with van der Waals surface area (Å²) in [4.78, 5) is 21.1. The van der Waals surface area contributed by atoms with Gasteiger partial charge >= 0.3 is 5.97 Å². The molecule has 0 saturated carbocycles. The Hall–Kier alpha value is -3.45. The summed E-state index contributed by atoms with van der Waals surface area (Å²) >= 11 is 1.63. The molecule has 2 aromatic carbocycles. The highest BCUT2D eigenvalue weighted by molar-refractivity contribution is 7.15. The average molecular weight is 435 g/mol. The summed E-state index contributed by atoms with van der Waals surface area (Å²) in [5, 5.41) is 10.2. The van der Waals surface area contributed by atoms with Gasteiger partial charge in [-0.15, -0.1) is 11.3 Å². The number of ether oxygens (including phenoxy) is 1. The molecular formula is C24H22N2O4S. The summed E-state index contributed by atoms with van der Waals surface area (Å²) in [5.41, 5.74) is 4.10. The molecule has 1 N–H and O–H groups in total. The fraction of sp³-hybridized carbons (Fsp3) is 0.208. The molecule has 1 unspecified atom stereocenters. The van der Waals surface area contributed by atoms with Crippen molar-refractivity contribution in [2.45, 2.75) is 32.8 Å². The standard InChI is InChI=1S/C24H22N2O4S/c1-15-3-5-18(6-4-15)24-26-16(2)21(31-24)14-30-19-9-7-17(8-10-19)20(13-22(27)28)23-25-11-12-29-23/h3-12,20H,13-14H2,1-2H3,(H,27,28). The summed E-state index contributed by atoms with van der Waals surface area (Å²) in [6, 6.07) is 15.7. The highest BCUT2D eigenvalue weighted by Gasteiger charge is 2.22. The molecule has 4 rings (SSSR count). The Morgan fingerprint density at radius 1 is 1.13 bits per heavy atom. The van der Waals surface area contributed by atoms with Crippen LogP contribution in [0.15, 0.2) is 65.4 Å². The molecule has 0 fully saturated rings. The van der Waals surface area contributed by atoms with Gasteiger partial charge in [0.05, 0.1) is 29.1 Å². The molecule has 158 valence electrons. The fourth-order valence-electron chi connectivity index (χ4n) is 3.26. The molecule has 0 aliphatic carbocycles. The molecule has 31 heavy (non-hydrogen) atoms. The monoisotopic (exact) mass is 434 g/mol. The highest BCUT2D eigenvalue weighted by atomic mass is 32.1. The van der Waals surface area contributed by atoms with Crippen LogP contribution in [-0.2, 0) is 11.4 Å². The smallest absolute Gasteiger partial charge is 0.304 e. The molecule has 2 aromatic heterocycles. The highest BCUT2D eigenvalue weighted by Crippen LogP contribution is 2.31. The second-order valence-corrected chi connectivity index (χ2v) is 8.36. The van der Waals surface area contributed by atoms with Gasteiger partial charge in [0.2, 0.25) is 5.89 Å². The number of nitrogens with zero attached hydrogens (tertiary/aromatic N) is 2. The molecule has 4 aromatic rings. The number of hydrogen-bond donors (Lipinski definition) is 1. The topological polar surface area (TPSA) is 85.5 Å². The van der Waals surface area contributed by atoms with Gasteiger partial charge in [-0.1, -0.05) is 42.0 Å². The van der Waals surface area contributed by atoms with E-state index in [1.807, 2.05) is 31.2 Å². The number of benzene rings is 2. The van der Waals surface area contributed by atoms with Gasteiger partial charge in [-0.3, -0.25) is 4.79 Å². The van der Waals surface area contributed by atoms with Gasteiger partial charge < -0.3 is 14.3 Å². The van der Waals surface area contributed by atoms with Crippen LogP contribution >= 0.6 is 11.3 Å². The molecule has 0 saturated heterocycles. The van der Waals surface area contributed by atoms with Crippen molar-refractivity contribution in [3.05, 3.63) is 88.6 Å². The zero-order valence-corrected chi connectivity index (χ0v) is 18.1. The number of hydrogen-bond acceptors (Lipinski definition) is 6. The molecule has 0 aliphatic heterocycles. The summed E-state index contributed by atoms with van der Waals surface area (Å²) < 4.78 is 11.3. The van der Waals surface area contributed by atoms with Crippen LogP contribution in [0.25, 0.3) is 10.6 Å². The lowest BCUT2D eigenvalue weighted by Gasteiger charge is -2.12. The number of aromatic nitrogens is 2. The van der Waals surface area contributed by atoms with Crippen LogP contribution in [-0.4, -0.2) is 21.0 Å². The van der Waals surface area contributed by atoms with E-state index in [9.17, 15) is 9.90 Å². The van der Waals surface area contributed by atoms with Crippen molar-refractivity contribution in [3.8, 4) is 16.3 Å². The number of aryl methyl sites for hydroxylation is 2. The van der Waals surface area contributed by atoms with E-state index in [4.69, 9.17) is 9.15 Å². The molecule has 0 aliphatic rings. The summed E-state index contributed by atoms with van der Waals surface area (Å²) in [7, 11) is 0. The molecule has 0 amide bonds. The lowest BCUT2D eigenvalue weighted by atomic mass is 9.95. The maximum Gasteiger partial charge on any atom is 0.304 e. The van der Waals surface area contributed by atoms with Crippen molar-refractivity contribution in [1.29, 1.82) is 0 Å². The summed E-state index contributed by atoms with van der Waals surface area (Å²) in [6.45, 7) is 4.48. The van der Waals surface area contributed by atoms with Crippen LogP contribution in [0.1, 0.15) is 39.9 Å². The number of rotatable bonds is 8. The number of aliphatic carboxylic acids is 1. The van der Waals surface area contributed by atoms with Crippen molar-refractivity contribution in [2.24, 2.45) is 0 Å². The first kappa shape index (κ1) is 20.8. The first-order valence-electron chi connectivity index (χ1n) is 9.87. The van der Waals surface area contributed by atoms with Gasteiger partial charge in [0, 0.05) is 5.56 Å². The molecular weight excluding hydrogens is 412 g/mol. The van der Waals surface area contributed by atoms with E-state index < -0.39 is 11.9 Å². The minimum Gasteiger partial charge on any atom is -0.488 e. The van der Waals surface area contributed by atoms with Crippen molar-refractivity contribution >= 4 is 17.3 Å². The summed E-state index contributed by atoms with van der Waals surface area (Å²) in [5.74, 6) is -0.258. The van der Waals surface area contributed by atoms with E-state index in [1.165, 1.54) is 18.0 Å². The van der Waals surface area contributed by atoms with Crippen LogP contribution in [0.3, 0.4) is 0 Å². The van der Waals surface area contributed by atoms with Crippen molar-refractivity contribution in [2.75, 3.05) is 0 Å². The Bertz CT molecular complexity index is 1150. The Balaban J connectivity index is 1.45. The third kappa shape index (κ3) is 5.00. The fourth-order valence-corrected chi connectivity index (χ4v) is 4.24. The second-order valence-electron chi connectivity index (χ2n) is 7.27. The number of oxazole rings is 1. The van der Waals surface area contributed by atoms with E-state index in [0.29, 0.717) is 18.2 Å². The lowest BCUT2D eigenvalue weighted by Crippen LogP contribution is -2.08. The average Bonchev–Trinajstić information content (AvgIpc) is 3.41. The Morgan fingerprint density at radius 3 is 2.52 bits per heavy atom. The molecule has 0 spiro atoms. The predicted octanol–water partition coefficient (Wildman–Crippen LogP) is 5.60. The third-order valence-electron chi connectivity index (χ3n) is 4.97. The van der Waals surface area contributed by atoms with Crippen LogP contribution < -0.4 is 4.74 Å². The van der Waals surface area contributed by atoms with Crippen LogP contribution in [0, 0.1) is 13.8 Å². The molecule has 0 bridgehead atoms. The number of carboxylic acids is 1. The van der Waals surface area contributed by atoms with Gasteiger partial charge in [-0.25, -0.2) is 9.97 Å². The van der Waals surface area contributed by atoms with Crippen molar-refractivity contribution in [1.82, 2.24) is 9.97 Å². The maximum absolute atomic E-state index is 11.3. The first-order valence-corrected chi connectivity index (χ1v) is 10.7. The molecule has 7 heteroatoms. The molecule has 2 heterocycles. The zero-order chi connectivity index (χ0) is 21.8. The Morgan fingerprint density at radius 2 is 1.87 bits per heavy atom. The maximum atomic E-state index is 11.3. The van der Waals surface area contributed by atoms with Gasteiger partial charge in [0.25, 0.3) is 0 Å². The Kier molecular flexibility index (Phi) is 6.13. The van der Waals surface area contributed by atoms with Gasteiger partial charge in [-0.2, -0.15) is 0 Å². The van der Waals surface area contributed by atoms with Crippen molar-refractivity contribution < 1.29 is 19.1 Å². The quantitative estimate of drug-likeness (QED) is 0.388. The van der Waals surface area contributed by atoms with Crippen molar-refractivity contribution in [3.63, 3.8) is 0 Å². The van der Waals surface area contributed by atoms with E-state index in [0.717, 1.165) is 26.7 Å². The van der Waals surface area contributed by atoms with E-state index in [2.05, 4.69) is 41.2 Å². The van der Waals surface area contributed by atoms with Crippen LogP contribution in [0.4, 0.5) is 0 Å². The van der Waals surface area contributed by atoms with Crippen LogP contribution in [0.2, 0.25) is 0 Å². The first-order chi connectivity index (χ1) is 15.0. The van der Waals surface area contributed by atoms with E-state index >= 15 is 0 Å². The number of carboxylic acid groups (broad SMARTS) is 1. The van der Waals surface area contributed by atoms with Crippen LogP contribution in [0.5, 0.6) is 5.75 Å². The van der Waals surface area contributed by atoms with Gasteiger partial charge in [-0.05, 0) is 31.5 Å².